The van der Waals surface area contributed by atoms with Gasteiger partial charge in [-0.15, -0.1) is 6.42 Å². The Morgan fingerprint density at radius 3 is 2.16 bits per heavy atom. The van der Waals surface area contributed by atoms with Gasteiger partial charge in [-0.25, -0.2) is 4.98 Å². The van der Waals surface area contributed by atoms with E-state index in [0.717, 1.165) is 44.9 Å². The maximum absolute atomic E-state index is 14.4. The quantitative estimate of drug-likeness (QED) is 0.0674. The van der Waals surface area contributed by atoms with E-state index in [2.05, 4.69) is 40.0 Å². The van der Waals surface area contributed by atoms with Gasteiger partial charge in [0.05, 0.1) is 12.9 Å². The minimum absolute atomic E-state index is 0.0436. The van der Waals surface area contributed by atoms with Gasteiger partial charge < -0.3 is 24.5 Å². The smallest absolute Gasteiger partial charge is 0.312 e. The second-order valence-electron chi connectivity index (χ2n) is 11.1. The highest BCUT2D eigenvalue weighted by Gasteiger charge is 2.39. The van der Waals surface area contributed by atoms with Gasteiger partial charge in [-0.05, 0) is 12.8 Å². The number of terminal acetylenes is 1. The zero-order chi connectivity index (χ0) is 31.5. The third-order valence-electron chi connectivity index (χ3n) is 7.65. The zero-order valence-electron chi connectivity index (χ0n) is 26.2. The van der Waals surface area contributed by atoms with Crippen molar-refractivity contribution in [3.8, 4) is 12.3 Å². The number of amides is 1. The Bertz CT molecular complexity index is 1170. The summed E-state index contributed by atoms with van der Waals surface area (Å²) in [4.78, 5) is 36.6. The molecule has 0 aliphatic rings. The van der Waals surface area contributed by atoms with Crippen LogP contribution >= 0.6 is 0 Å². The van der Waals surface area contributed by atoms with E-state index in [4.69, 9.17) is 15.9 Å². The largest absolute Gasteiger partial charge is 0.461 e. The molecule has 10 nitrogen and oxygen atoms in total. The van der Waals surface area contributed by atoms with Crippen LogP contribution < -0.4 is 5.32 Å². The summed E-state index contributed by atoms with van der Waals surface area (Å²) in [6.07, 6.45) is 20.2. The molecule has 2 aromatic rings. The van der Waals surface area contributed by atoms with Crippen LogP contribution in [0, 0.1) is 18.4 Å². The van der Waals surface area contributed by atoms with Crippen LogP contribution in [0.15, 0.2) is 6.33 Å². The first-order valence-corrected chi connectivity index (χ1v) is 15.8. The zero-order valence-corrected chi connectivity index (χ0v) is 26.2. The standard InChI is InChI=1S/C32H50FN5O5/c1-5-8-10-12-14-16-18-20-26(40)35-29-28-30(37-31(33)36-29)38(24-34-28)22-25(39)32(7-3,42-4)23-43-27(41)21-19-17-15-13-11-9-6-2/h3,24-25,39H,5-6,8-23H2,1-2,4H3,(H,35,36,37,40)/t25-,32+/m0/s1. The van der Waals surface area contributed by atoms with E-state index < -0.39 is 23.8 Å². The number of anilines is 1. The van der Waals surface area contributed by atoms with E-state index in [9.17, 15) is 19.1 Å². The molecule has 0 spiro atoms. The lowest BCUT2D eigenvalue weighted by Gasteiger charge is -2.31. The second kappa shape index (κ2) is 20.0. The first-order valence-electron chi connectivity index (χ1n) is 15.8. The van der Waals surface area contributed by atoms with Crippen molar-refractivity contribution in [2.45, 2.75) is 135 Å². The molecule has 0 fully saturated rings. The number of carbonyl (C=O) groups excluding carboxylic acids is 2. The minimum atomic E-state index is -1.65. The Morgan fingerprint density at radius 1 is 1.00 bits per heavy atom. The number of imidazole rings is 1. The van der Waals surface area contributed by atoms with E-state index >= 15 is 0 Å². The molecule has 11 heteroatoms. The third-order valence-corrected chi connectivity index (χ3v) is 7.65. The fourth-order valence-electron chi connectivity index (χ4n) is 4.88. The molecule has 0 aromatic carbocycles. The number of nitrogens with one attached hydrogen (secondary N) is 1. The molecular formula is C32H50FN5O5. The average molecular weight is 604 g/mol. The molecular weight excluding hydrogens is 553 g/mol. The van der Waals surface area contributed by atoms with Crippen LogP contribution in [0.1, 0.15) is 117 Å². The van der Waals surface area contributed by atoms with Gasteiger partial charge in [0.2, 0.25) is 5.91 Å². The van der Waals surface area contributed by atoms with Gasteiger partial charge in [0.15, 0.2) is 22.6 Å². The Hall–Kier alpha value is -3.10. The van der Waals surface area contributed by atoms with Crippen molar-refractivity contribution >= 4 is 28.9 Å². The predicted molar refractivity (Wildman–Crippen MR) is 165 cm³/mol. The first kappa shape index (κ1) is 36.1. The number of aliphatic hydroxyl groups is 1. The fourth-order valence-corrected chi connectivity index (χ4v) is 4.88. The molecule has 0 saturated heterocycles. The normalized spacial score (nSPS) is 13.4. The summed E-state index contributed by atoms with van der Waals surface area (Å²) in [5, 5.41) is 13.7. The molecule has 0 unspecified atom stereocenters. The third kappa shape index (κ3) is 12.2. The number of esters is 1. The van der Waals surface area contributed by atoms with Crippen molar-refractivity contribution in [1.29, 1.82) is 0 Å². The Labute approximate surface area is 255 Å². The van der Waals surface area contributed by atoms with E-state index in [0.29, 0.717) is 6.42 Å². The van der Waals surface area contributed by atoms with Gasteiger partial charge in [-0.2, -0.15) is 14.4 Å². The van der Waals surface area contributed by atoms with Crippen molar-refractivity contribution in [2.24, 2.45) is 0 Å². The molecule has 1 amide bonds. The van der Waals surface area contributed by atoms with Gasteiger partial charge in [0.1, 0.15) is 12.7 Å². The summed E-state index contributed by atoms with van der Waals surface area (Å²) in [6.45, 7) is 3.80. The molecule has 0 radical (unpaired) electrons. The van der Waals surface area contributed by atoms with Crippen molar-refractivity contribution in [3.05, 3.63) is 12.4 Å². The summed E-state index contributed by atoms with van der Waals surface area (Å²) in [5.74, 6) is 1.67. The molecule has 2 N–H and O–H groups in total. The Kier molecular flexibility index (Phi) is 16.8. The fraction of sp³-hybridized carbons (Fsp3) is 0.719. The van der Waals surface area contributed by atoms with Gasteiger partial charge >= 0.3 is 12.0 Å². The van der Waals surface area contributed by atoms with Crippen LogP contribution in [-0.4, -0.2) is 61.9 Å². The molecule has 0 aliphatic carbocycles. The van der Waals surface area contributed by atoms with E-state index in [1.165, 1.54) is 56.5 Å². The number of aromatic nitrogens is 4. The van der Waals surface area contributed by atoms with E-state index in [-0.39, 0.29) is 48.9 Å². The number of hydrogen-bond acceptors (Lipinski definition) is 8. The molecule has 0 bridgehead atoms. The van der Waals surface area contributed by atoms with Crippen LogP contribution in [-0.2, 0) is 25.6 Å². The number of unbranched alkanes of at least 4 members (excludes halogenated alkanes) is 12. The van der Waals surface area contributed by atoms with Crippen molar-refractivity contribution < 1.29 is 28.6 Å². The monoisotopic (exact) mass is 603 g/mol. The molecule has 240 valence electrons. The summed E-state index contributed by atoms with van der Waals surface area (Å²) in [7, 11) is 1.32. The van der Waals surface area contributed by atoms with Crippen molar-refractivity contribution in [1.82, 2.24) is 19.5 Å². The van der Waals surface area contributed by atoms with Crippen LogP contribution in [0.4, 0.5) is 10.2 Å². The number of hydrogen-bond donors (Lipinski definition) is 2. The maximum atomic E-state index is 14.4. The summed E-state index contributed by atoms with van der Waals surface area (Å²) < 4.78 is 26.6. The molecule has 2 heterocycles. The number of rotatable bonds is 23. The van der Waals surface area contributed by atoms with Crippen molar-refractivity contribution in [2.75, 3.05) is 19.0 Å². The SMILES string of the molecule is C#C[C@](COC(=O)CCCCCCCCC)(OC)[C@@H](O)Cn1cnc2c(NC(=O)CCCCCCCCC)nc(F)nc21. The van der Waals surface area contributed by atoms with Crippen LogP contribution in [0.2, 0.25) is 0 Å². The van der Waals surface area contributed by atoms with Crippen molar-refractivity contribution in [3.63, 3.8) is 0 Å². The van der Waals surface area contributed by atoms with E-state index in [1.807, 2.05) is 0 Å². The molecule has 0 saturated carbocycles. The highest BCUT2D eigenvalue weighted by molar-refractivity contribution is 5.96. The average Bonchev–Trinajstić information content (AvgIpc) is 3.39. The number of ether oxygens (including phenoxy) is 2. The van der Waals surface area contributed by atoms with Gasteiger partial charge in [0, 0.05) is 20.0 Å². The summed E-state index contributed by atoms with van der Waals surface area (Å²) in [6, 6.07) is 0. The lowest BCUT2D eigenvalue weighted by Crippen LogP contribution is -2.49. The molecule has 2 atom stereocenters. The topological polar surface area (TPSA) is 128 Å². The number of carbonyl (C=O) groups is 2. The highest BCUT2D eigenvalue weighted by atomic mass is 19.1. The minimum Gasteiger partial charge on any atom is -0.461 e. The van der Waals surface area contributed by atoms with Crippen LogP contribution in [0.5, 0.6) is 0 Å². The lowest BCUT2D eigenvalue weighted by molar-refractivity contribution is -0.157. The van der Waals surface area contributed by atoms with Crippen LogP contribution in [0.25, 0.3) is 11.2 Å². The molecule has 2 aromatic heterocycles. The van der Waals surface area contributed by atoms with Gasteiger partial charge in [0.25, 0.3) is 0 Å². The predicted octanol–water partition coefficient (Wildman–Crippen LogP) is 6.11. The number of fused-ring (bicyclic) bond motifs is 1. The molecule has 0 aliphatic heterocycles. The number of halogens is 1. The Balaban J connectivity index is 1.96. The number of nitrogens with zero attached hydrogens (tertiary/aromatic N) is 4. The van der Waals surface area contributed by atoms with Crippen LogP contribution in [0.3, 0.4) is 0 Å². The van der Waals surface area contributed by atoms with Gasteiger partial charge in [-0.1, -0.05) is 96.8 Å². The highest BCUT2D eigenvalue weighted by Crippen LogP contribution is 2.23. The molecule has 2 rings (SSSR count). The van der Waals surface area contributed by atoms with E-state index in [1.54, 1.807) is 0 Å². The number of aliphatic hydroxyl groups excluding tert-OH is 1. The Morgan fingerprint density at radius 2 is 1.58 bits per heavy atom. The summed E-state index contributed by atoms with van der Waals surface area (Å²) >= 11 is 0. The second-order valence-corrected chi connectivity index (χ2v) is 11.1. The summed E-state index contributed by atoms with van der Waals surface area (Å²) in [5.41, 5.74) is -1.41. The maximum Gasteiger partial charge on any atom is 0.312 e. The number of methoxy groups -OCH3 is 1. The van der Waals surface area contributed by atoms with Gasteiger partial charge in [-0.3, -0.25) is 9.59 Å². The first-order chi connectivity index (χ1) is 20.8. The molecule has 43 heavy (non-hydrogen) atoms. The lowest BCUT2D eigenvalue weighted by atomic mass is 9.98.